The third kappa shape index (κ3) is 8.45. The molecule has 1 heterocycles. The SMILES string of the molecule is CCCCC1NCCc2ccc(C(=O)N[C@H](CCNCc3cccc(CC)c3)Cc3cc(F)cc(F)c3)cc21. The highest BCUT2D eigenvalue weighted by Crippen LogP contribution is 2.28. The molecule has 1 aliphatic rings. The Balaban J connectivity index is 1.44. The fourth-order valence-electron chi connectivity index (χ4n) is 5.42. The van der Waals surface area contributed by atoms with E-state index in [0.29, 0.717) is 30.5 Å². The Morgan fingerprint density at radius 2 is 1.79 bits per heavy atom. The van der Waals surface area contributed by atoms with Crippen LogP contribution < -0.4 is 16.0 Å². The minimum absolute atomic E-state index is 0.157. The summed E-state index contributed by atoms with van der Waals surface area (Å²) in [6.45, 7) is 6.66. The third-order valence-corrected chi connectivity index (χ3v) is 7.55. The quantitative estimate of drug-likeness (QED) is 0.222. The maximum absolute atomic E-state index is 13.9. The molecule has 6 heteroatoms. The van der Waals surface area contributed by atoms with Crippen LogP contribution in [0.25, 0.3) is 0 Å². The van der Waals surface area contributed by atoms with Gasteiger partial charge in [0.15, 0.2) is 0 Å². The molecule has 208 valence electrons. The van der Waals surface area contributed by atoms with E-state index in [2.05, 4.69) is 60.1 Å². The summed E-state index contributed by atoms with van der Waals surface area (Å²) in [7, 11) is 0. The van der Waals surface area contributed by atoms with E-state index in [9.17, 15) is 13.6 Å². The first-order valence-corrected chi connectivity index (χ1v) is 14.4. The van der Waals surface area contributed by atoms with Gasteiger partial charge in [0.25, 0.3) is 5.91 Å². The lowest BCUT2D eigenvalue weighted by molar-refractivity contribution is 0.0934. The van der Waals surface area contributed by atoms with Crippen molar-refractivity contribution in [3.63, 3.8) is 0 Å². The molecule has 4 nitrogen and oxygen atoms in total. The van der Waals surface area contributed by atoms with Gasteiger partial charge in [-0.15, -0.1) is 0 Å². The van der Waals surface area contributed by atoms with E-state index in [1.807, 2.05) is 12.1 Å². The zero-order valence-electron chi connectivity index (χ0n) is 23.2. The Bertz CT molecular complexity index is 1230. The van der Waals surface area contributed by atoms with Crippen LogP contribution in [0.15, 0.2) is 60.7 Å². The second-order valence-corrected chi connectivity index (χ2v) is 10.6. The van der Waals surface area contributed by atoms with Crippen LogP contribution in [0.4, 0.5) is 8.78 Å². The summed E-state index contributed by atoms with van der Waals surface area (Å²) in [5.74, 6) is -1.37. The molecular formula is C33H41F2N3O. The number of hydrogen-bond donors (Lipinski definition) is 3. The maximum Gasteiger partial charge on any atom is 0.251 e. The van der Waals surface area contributed by atoms with Gasteiger partial charge < -0.3 is 16.0 Å². The Hall–Kier alpha value is -3.09. The van der Waals surface area contributed by atoms with Crippen LogP contribution in [0.3, 0.4) is 0 Å². The molecule has 3 aromatic carbocycles. The molecule has 0 aromatic heterocycles. The molecule has 3 N–H and O–H groups in total. The van der Waals surface area contributed by atoms with Crippen molar-refractivity contribution in [1.29, 1.82) is 0 Å². The third-order valence-electron chi connectivity index (χ3n) is 7.55. The fraction of sp³-hybridized carbons (Fsp3) is 0.424. The Labute approximate surface area is 231 Å². The lowest BCUT2D eigenvalue weighted by atomic mass is 9.89. The van der Waals surface area contributed by atoms with Crippen LogP contribution in [-0.4, -0.2) is 25.0 Å². The lowest BCUT2D eigenvalue weighted by Gasteiger charge is -2.28. The van der Waals surface area contributed by atoms with Crippen molar-refractivity contribution < 1.29 is 13.6 Å². The van der Waals surface area contributed by atoms with E-state index in [-0.39, 0.29) is 18.0 Å². The molecule has 0 fully saturated rings. The van der Waals surface area contributed by atoms with E-state index < -0.39 is 11.6 Å². The monoisotopic (exact) mass is 533 g/mol. The van der Waals surface area contributed by atoms with E-state index in [1.54, 1.807) is 0 Å². The van der Waals surface area contributed by atoms with Gasteiger partial charge in [-0.1, -0.05) is 57.0 Å². The molecule has 3 aromatic rings. The number of rotatable bonds is 13. The number of fused-ring (bicyclic) bond motifs is 1. The number of hydrogen-bond acceptors (Lipinski definition) is 3. The van der Waals surface area contributed by atoms with Crippen molar-refractivity contribution in [2.45, 2.75) is 77.4 Å². The number of halogens is 2. The van der Waals surface area contributed by atoms with Gasteiger partial charge >= 0.3 is 0 Å². The van der Waals surface area contributed by atoms with Gasteiger partial charge in [0, 0.05) is 30.3 Å². The standard InChI is InChI=1S/C33H41F2N3O/c1-3-5-9-32-31-20-27(11-10-26(31)12-15-37-32)33(39)38-30(19-25-17-28(34)21-29(35)18-25)13-14-36-22-24-8-6-7-23(4-2)16-24/h6-8,10-11,16-18,20-21,30,32,36-37H,3-5,9,12-15,19,22H2,1-2H3,(H,38,39)/t30-,32?/m1/s1. The van der Waals surface area contributed by atoms with Gasteiger partial charge in [0.2, 0.25) is 0 Å². The molecule has 39 heavy (non-hydrogen) atoms. The van der Waals surface area contributed by atoms with Gasteiger partial charge in [-0.2, -0.15) is 0 Å². The van der Waals surface area contributed by atoms with Crippen molar-refractivity contribution in [2.24, 2.45) is 0 Å². The largest absolute Gasteiger partial charge is 0.349 e. The zero-order valence-corrected chi connectivity index (χ0v) is 23.2. The van der Waals surface area contributed by atoms with Crippen LogP contribution in [0.5, 0.6) is 0 Å². The molecule has 1 amide bonds. The van der Waals surface area contributed by atoms with E-state index in [0.717, 1.165) is 51.3 Å². The maximum atomic E-state index is 13.9. The number of carbonyl (C=O) groups is 1. The number of amides is 1. The normalized spacial score (nSPS) is 15.5. The number of aryl methyl sites for hydroxylation is 1. The molecule has 0 radical (unpaired) electrons. The highest BCUT2D eigenvalue weighted by atomic mass is 19.1. The van der Waals surface area contributed by atoms with Crippen LogP contribution in [0.2, 0.25) is 0 Å². The summed E-state index contributed by atoms with van der Waals surface area (Å²) in [5.41, 5.74) is 6.17. The van der Waals surface area contributed by atoms with Crippen LogP contribution in [0, 0.1) is 11.6 Å². The van der Waals surface area contributed by atoms with Crippen molar-refractivity contribution in [3.8, 4) is 0 Å². The van der Waals surface area contributed by atoms with Crippen LogP contribution >= 0.6 is 0 Å². The molecule has 4 rings (SSSR count). The van der Waals surface area contributed by atoms with Gasteiger partial charge in [0.05, 0.1) is 0 Å². The second kappa shape index (κ2) is 14.3. The van der Waals surface area contributed by atoms with Crippen molar-refractivity contribution in [1.82, 2.24) is 16.0 Å². The average Bonchev–Trinajstić information content (AvgIpc) is 2.93. The van der Waals surface area contributed by atoms with Gasteiger partial charge in [-0.25, -0.2) is 8.78 Å². The predicted octanol–water partition coefficient (Wildman–Crippen LogP) is 6.43. The zero-order chi connectivity index (χ0) is 27.6. The summed E-state index contributed by atoms with van der Waals surface area (Å²) in [4.78, 5) is 13.4. The summed E-state index contributed by atoms with van der Waals surface area (Å²) in [6, 6.07) is 18.0. The smallest absolute Gasteiger partial charge is 0.251 e. The Morgan fingerprint density at radius 3 is 2.56 bits per heavy atom. The molecule has 0 saturated heterocycles. The van der Waals surface area contributed by atoms with E-state index in [4.69, 9.17) is 0 Å². The highest BCUT2D eigenvalue weighted by Gasteiger charge is 2.22. The van der Waals surface area contributed by atoms with E-state index >= 15 is 0 Å². The molecule has 2 atom stereocenters. The van der Waals surface area contributed by atoms with Crippen molar-refractivity contribution in [2.75, 3.05) is 13.1 Å². The van der Waals surface area contributed by atoms with Gasteiger partial charge in [-0.3, -0.25) is 4.79 Å². The highest BCUT2D eigenvalue weighted by molar-refractivity contribution is 5.94. The number of benzene rings is 3. The second-order valence-electron chi connectivity index (χ2n) is 10.6. The average molecular weight is 534 g/mol. The van der Waals surface area contributed by atoms with Crippen LogP contribution in [-0.2, 0) is 25.8 Å². The summed E-state index contributed by atoms with van der Waals surface area (Å²) in [6.07, 6.45) is 6.24. The molecule has 0 saturated carbocycles. The first kappa shape index (κ1) is 28.9. The van der Waals surface area contributed by atoms with Gasteiger partial charge in [0.1, 0.15) is 11.6 Å². The first-order chi connectivity index (χ1) is 18.9. The minimum atomic E-state index is -0.607. The summed E-state index contributed by atoms with van der Waals surface area (Å²) >= 11 is 0. The summed E-state index contributed by atoms with van der Waals surface area (Å²) in [5, 5.41) is 10.2. The topological polar surface area (TPSA) is 53.2 Å². The molecular weight excluding hydrogens is 492 g/mol. The number of carbonyl (C=O) groups excluding carboxylic acids is 1. The minimum Gasteiger partial charge on any atom is -0.349 e. The molecule has 0 aliphatic carbocycles. The van der Waals surface area contributed by atoms with E-state index in [1.165, 1.54) is 34.4 Å². The lowest BCUT2D eigenvalue weighted by Crippen LogP contribution is -2.39. The van der Waals surface area contributed by atoms with Gasteiger partial charge in [-0.05, 0) is 97.3 Å². The summed E-state index contributed by atoms with van der Waals surface area (Å²) < 4.78 is 27.8. The fourth-order valence-corrected chi connectivity index (χ4v) is 5.42. The first-order valence-electron chi connectivity index (χ1n) is 14.4. The predicted molar refractivity (Wildman–Crippen MR) is 154 cm³/mol. The van der Waals surface area contributed by atoms with Crippen molar-refractivity contribution >= 4 is 5.91 Å². The molecule has 0 bridgehead atoms. The molecule has 0 spiro atoms. The molecule has 1 unspecified atom stereocenters. The number of unbranched alkanes of at least 4 members (excludes halogenated alkanes) is 1. The van der Waals surface area contributed by atoms with Crippen molar-refractivity contribution in [3.05, 3.63) is 106 Å². The van der Waals surface area contributed by atoms with Crippen LogP contribution in [0.1, 0.15) is 83.7 Å². The Kier molecular flexibility index (Phi) is 10.6. The Morgan fingerprint density at radius 1 is 1.00 bits per heavy atom. The molecule has 1 aliphatic heterocycles. The number of nitrogens with one attached hydrogen (secondary N) is 3.